The van der Waals surface area contributed by atoms with E-state index in [0.29, 0.717) is 5.15 Å². The van der Waals surface area contributed by atoms with Crippen LogP contribution in [-0.2, 0) is 0 Å². The van der Waals surface area contributed by atoms with Crippen LogP contribution in [0.1, 0.15) is 18.5 Å². The van der Waals surface area contributed by atoms with Crippen molar-refractivity contribution in [3.63, 3.8) is 0 Å². The summed E-state index contributed by atoms with van der Waals surface area (Å²) in [6, 6.07) is 2.19. The summed E-state index contributed by atoms with van der Waals surface area (Å²) in [7, 11) is 1.89. The Hall–Kier alpha value is -0.120. The molecule has 0 saturated carbocycles. The molecule has 1 rings (SSSR count). The lowest BCUT2D eigenvalue weighted by molar-refractivity contribution is 0.649. The Balaban J connectivity index is 3.04. The molecule has 0 radical (unpaired) electrons. The summed E-state index contributed by atoms with van der Waals surface area (Å²) < 4.78 is 0.948. The highest BCUT2D eigenvalue weighted by atomic mass is 79.9. The van der Waals surface area contributed by atoms with Crippen molar-refractivity contribution in [1.29, 1.82) is 0 Å². The van der Waals surface area contributed by atoms with Crippen LogP contribution >= 0.6 is 27.5 Å². The molecule has 0 spiro atoms. The van der Waals surface area contributed by atoms with Gasteiger partial charge in [0, 0.05) is 22.3 Å². The zero-order valence-corrected chi connectivity index (χ0v) is 9.28. The standard InChI is InChI=1S/C8H10BrClN2/c1-5(11-2)7-3-6(9)4-12-8(7)10/h3-5,11H,1-2H3/t5-/m0/s1. The van der Waals surface area contributed by atoms with Gasteiger partial charge in [-0.3, -0.25) is 0 Å². The third kappa shape index (κ3) is 2.19. The van der Waals surface area contributed by atoms with Gasteiger partial charge in [0.1, 0.15) is 5.15 Å². The van der Waals surface area contributed by atoms with Gasteiger partial charge >= 0.3 is 0 Å². The number of rotatable bonds is 2. The van der Waals surface area contributed by atoms with Gasteiger partial charge in [-0.15, -0.1) is 0 Å². The van der Waals surface area contributed by atoms with E-state index >= 15 is 0 Å². The average Bonchev–Trinajstić information content (AvgIpc) is 2.08. The maximum atomic E-state index is 5.90. The van der Waals surface area contributed by atoms with Crippen LogP contribution in [0.5, 0.6) is 0 Å². The summed E-state index contributed by atoms with van der Waals surface area (Å²) in [5.41, 5.74) is 1.01. The fourth-order valence-corrected chi connectivity index (χ4v) is 1.51. The molecular weight excluding hydrogens is 239 g/mol. The normalized spacial score (nSPS) is 13.0. The van der Waals surface area contributed by atoms with E-state index in [4.69, 9.17) is 11.6 Å². The molecule has 0 aliphatic carbocycles. The van der Waals surface area contributed by atoms with Crippen LogP contribution in [0.4, 0.5) is 0 Å². The van der Waals surface area contributed by atoms with E-state index in [1.165, 1.54) is 0 Å². The summed E-state index contributed by atoms with van der Waals surface area (Å²) in [6.45, 7) is 2.04. The highest BCUT2D eigenvalue weighted by molar-refractivity contribution is 9.10. The Morgan fingerprint density at radius 2 is 2.33 bits per heavy atom. The monoisotopic (exact) mass is 248 g/mol. The molecule has 1 N–H and O–H groups in total. The number of hydrogen-bond acceptors (Lipinski definition) is 2. The Morgan fingerprint density at radius 1 is 1.67 bits per heavy atom. The lowest BCUT2D eigenvalue weighted by Gasteiger charge is -2.11. The number of pyridine rings is 1. The second-order valence-electron chi connectivity index (χ2n) is 2.54. The zero-order valence-electron chi connectivity index (χ0n) is 6.94. The number of hydrogen-bond donors (Lipinski definition) is 1. The molecule has 4 heteroatoms. The summed E-state index contributed by atoms with van der Waals surface area (Å²) in [5, 5.41) is 3.66. The van der Waals surface area contributed by atoms with Gasteiger partial charge in [-0.05, 0) is 36.0 Å². The number of nitrogens with zero attached hydrogens (tertiary/aromatic N) is 1. The van der Waals surface area contributed by atoms with E-state index in [2.05, 4.69) is 26.2 Å². The first-order chi connectivity index (χ1) is 5.65. The number of nitrogens with one attached hydrogen (secondary N) is 1. The van der Waals surface area contributed by atoms with Gasteiger partial charge in [0.25, 0.3) is 0 Å². The molecule has 0 aliphatic heterocycles. The quantitative estimate of drug-likeness (QED) is 0.815. The fourth-order valence-electron chi connectivity index (χ4n) is 0.897. The Labute approximate surface area is 85.5 Å². The molecule has 0 unspecified atom stereocenters. The Bertz CT molecular complexity index is 278. The maximum absolute atomic E-state index is 5.90. The number of halogens is 2. The van der Waals surface area contributed by atoms with Crippen LogP contribution in [0.15, 0.2) is 16.7 Å². The molecule has 1 aromatic heterocycles. The molecule has 1 aromatic rings. The van der Waals surface area contributed by atoms with Gasteiger partial charge in [0.2, 0.25) is 0 Å². The minimum atomic E-state index is 0.225. The van der Waals surface area contributed by atoms with Crippen LogP contribution in [-0.4, -0.2) is 12.0 Å². The predicted octanol–water partition coefficient (Wildman–Crippen LogP) is 2.78. The molecule has 12 heavy (non-hydrogen) atoms. The molecule has 1 heterocycles. The van der Waals surface area contributed by atoms with Crippen molar-refractivity contribution in [1.82, 2.24) is 10.3 Å². The van der Waals surface area contributed by atoms with Crippen LogP contribution in [0.3, 0.4) is 0 Å². The van der Waals surface area contributed by atoms with Gasteiger partial charge in [-0.25, -0.2) is 4.98 Å². The third-order valence-corrected chi connectivity index (χ3v) is 2.48. The van der Waals surface area contributed by atoms with Crippen LogP contribution in [0, 0.1) is 0 Å². The van der Waals surface area contributed by atoms with Gasteiger partial charge in [-0.2, -0.15) is 0 Å². The van der Waals surface area contributed by atoms with E-state index in [1.807, 2.05) is 20.0 Å². The summed E-state index contributed by atoms with van der Waals surface area (Å²) in [5.74, 6) is 0. The molecule has 0 aliphatic rings. The van der Waals surface area contributed by atoms with E-state index < -0.39 is 0 Å². The predicted molar refractivity (Wildman–Crippen MR) is 54.4 cm³/mol. The topological polar surface area (TPSA) is 24.9 Å². The lowest BCUT2D eigenvalue weighted by Crippen LogP contribution is -2.13. The van der Waals surface area contributed by atoms with Crippen molar-refractivity contribution in [2.75, 3.05) is 7.05 Å². The first-order valence-corrected chi connectivity index (χ1v) is 4.80. The SMILES string of the molecule is CN[C@@H](C)c1cc(Br)cnc1Cl. The third-order valence-electron chi connectivity index (χ3n) is 1.73. The molecule has 2 nitrogen and oxygen atoms in total. The van der Waals surface area contributed by atoms with Crippen molar-refractivity contribution < 1.29 is 0 Å². The van der Waals surface area contributed by atoms with Gasteiger partial charge < -0.3 is 5.32 Å². The van der Waals surface area contributed by atoms with Crippen molar-refractivity contribution in [2.45, 2.75) is 13.0 Å². The molecule has 0 amide bonds. The van der Waals surface area contributed by atoms with Crippen molar-refractivity contribution in [3.8, 4) is 0 Å². The Kier molecular flexibility index (Phi) is 3.50. The molecule has 0 fully saturated rings. The maximum Gasteiger partial charge on any atom is 0.133 e. The number of aromatic nitrogens is 1. The average molecular weight is 250 g/mol. The molecule has 0 saturated heterocycles. The van der Waals surface area contributed by atoms with Crippen LogP contribution < -0.4 is 5.32 Å². The minimum Gasteiger partial charge on any atom is -0.313 e. The van der Waals surface area contributed by atoms with E-state index in [9.17, 15) is 0 Å². The molecular formula is C8H10BrClN2. The highest BCUT2D eigenvalue weighted by Crippen LogP contribution is 2.23. The van der Waals surface area contributed by atoms with E-state index in [0.717, 1.165) is 10.0 Å². The fraction of sp³-hybridized carbons (Fsp3) is 0.375. The zero-order chi connectivity index (χ0) is 9.14. The first kappa shape index (κ1) is 9.96. The molecule has 66 valence electrons. The van der Waals surface area contributed by atoms with Gasteiger partial charge in [-0.1, -0.05) is 11.6 Å². The largest absolute Gasteiger partial charge is 0.313 e. The lowest BCUT2D eigenvalue weighted by atomic mass is 10.1. The highest BCUT2D eigenvalue weighted by Gasteiger charge is 2.08. The summed E-state index contributed by atoms with van der Waals surface area (Å²) in [6.07, 6.45) is 1.69. The van der Waals surface area contributed by atoms with E-state index in [1.54, 1.807) is 6.20 Å². The second-order valence-corrected chi connectivity index (χ2v) is 3.82. The smallest absolute Gasteiger partial charge is 0.133 e. The molecule has 1 atom stereocenters. The van der Waals surface area contributed by atoms with E-state index in [-0.39, 0.29) is 6.04 Å². The van der Waals surface area contributed by atoms with Crippen molar-refractivity contribution >= 4 is 27.5 Å². The van der Waals surface area contributed by atoms with Crippen LogP contribution in [0.2, 0.25) is 5.15 Å². The van der Waals surface area contributed by atoms with Crippen LogP contribution in [0.25, 0.3) is 0 Å². The molecule has 0 aromatic carbocycles. The molecule has 0 bridgehead atoms. The Morgan fingerprint density at radius 3 is 2.92 bits per heavy atom. The second kappa shape index (κ2) is 4.21. The van der Waals surface area contributed by atoms with Gasteiger partial charge in [0.05, 0.1) is 0 Å². The van der Waals surface area contributed by atoms with Crippen molar-refractivity contribution in [2.24, 2.45) is 0 Å². The first-order valence-electron chi connectivity index (χ1n) is 3.63. The summed E-state index contributed by atoms with van der Waals surface area (Å²) >= 11 is 9.24. The summed E-state index contributed by atoms with van der Waals surface area (Å²) in [4.78, 5) is 4.03. The minimum absolute atomic E-state index is 0.225. The van der Waals surface area contributed by atoms with Crippen molar-refractivity contribution in [3.05, 3.63) is 27.5 Å². The van der Waals surface area contributed by atoms with Gasteiger partial charge in [0.15, 0.2) is 0 Å².